The molecule has 2 aliphatic rings. The summed E-state index contributed by atoms with van der Waals surface area (Å²) < 4.78 is 0. The molecule has 2 heterocycles. The van der Waals surface area contributed by atoms with Gasteiger partial charge in [-0.05, 0) is 66.4 Å². The molecule has 0 bridgehead atoms. The third kappa shape index (κ3) is 4.30. The van der Waals surface area contributed by atoms with Crippen LogP contribution in [0.5, 0.6) is 0 Å². The van der Waals surface area contributed by atoms with E-state index in [0.717, 1.165) is 36.3 Å². The topological polar surface area (TPSA) is 61.4 Å². The van der Waals surface area contributed by atoms with Crippen LogP contribution in [0, 0.1) is 0 Å². The van der Waals surface area contributed by atoms with E-state index >= 15 is 0 Å². The van der Waals surface area contributed by atoms with Crippen molar-refractivity contribution >= 4 is 23.2 Å². The highest BCUT2D eigenvalue weighted by Crippen LogP contribution is 2.32. The van der Waals surface area contributed by atoms with Gasteiger partial charge in [-0.1, -0.05) is 55.0 Å². The molecule has 3 aromatic rings. The van der Waals surface area contributed by atoms with Crippen LogP contribution in [0.2, 0.25) is 0 Å². The monoisotopic (exact) mass is 425 g/mol. The third-order valence-corrected chi connectivity index (χ3v) is 6.31. The molecule has 0 radical (unpaired) electrons. The Morgan fingerprint density at radius 3 is 2.56 bits per heavy atom. The van der Waals surface area contributed by atoms with Gasteiger partial charge in [0.2, 0.25) is 5.91 Å². The molecule has 5 nitrogen and oxygen atoms in total. The molecule has 0 atom stereocenters. The Bertz CT molecular complexity index is 1150. The zero-order valence-electron chi connectivity index (χ0n) is 18.1. The first kappa shape index (κ1) is 20.5. The minimum Gasteiger partial charge on any atom is -0.324 e. The summed E-state index contributed by atoms with van der Waals surface area (Å²) in [6, 6.07) is 21.9. The SMILES string of the molecule is O=C1Cc2cccc(NC(=O)c3ccc(-c4ccccc4)c(CN4CCCCC4)c3)c2N1. The highest BCUT2D eigenvalue weighted by atomic mass is 16.2. The molecule has 0 aromatic heterocycles. The maximum Gasteiger partial charge on any atom is 0.255 e. The zero-order chi connectivity index (χ0) is 21.9. The van der Waals surface area contributed by atoms with Crippen molar-refractivity contribution in [3.63, 3.8) is 0 Å². The van der Waals surface area contributed by atoms with Gasteiger partial charge in [-0.2, -0.15) is 0 Å². The second kappa shape index (κ2) is 8.97. The van der Waals surface area contributed by atoms with E-state index in [4.69, 9.17) is 0 Å². The number of likely N-dealkylation sites (tertiary alicyclic amines) is 1. The van der Waals surface area contributed by atoms with E-state index in [1.807, 2.05) is 48.5 Å². The molecular formula is C27H27N3O2. The summed E-state index contributed by atoms with van der Waals surface area (Å²) in [6.45, 7) is 3.03. The number of carbonyl (C=O) groups excluding carboxylic acids is 2. The van der Waals surface area contributed by atoms with Crippen molar-refractivity contribution in [3.05, 3.63) is 83.4 Å². The van der Waals surface area contributed by atoms with Crippen LogP contribution in [0.1, 0.15) is 40.7 Å². The highest BCUT2D eigenvalue weighted by Gasteiger charge is 2.22. The molecule has 162 valence electrons. The average molecular weight is 426 g/mol. The van der Waals surface area contributed by atoms with Gasteiger partial charge in [0, 0.05) is 12.1 Å². The molecule has 5 rings (SSSR count). The maximum atomic E-state index is 13.2. The van der Waals surface area contributed by atoms with Crippen molar-refractivity contribution < 1.29 is 9.59 Å². The van der Waals surface area contributed by atoms with Gasteiger partial charge >= 0.3 is 0 Å². The second-order valence-electron chi connectivity index (χ2n) is 8.59. The van der Waals surface area contributed by atoms with Crippen LogP contribution in [0.4, 0.5) is 11.4 Å². The smallest absolute Gasteiger partial charge is 0.255 e. The molecule has 0 aliphatic carbocycles. The minimum atomic E-state index is -0.168. The van der Waals surface area contributed by atoms with Crippen molar-refractivity contribution in [2.75, 3.05) is 23.7 Å². The van der Waals surface area contributed by atoms with Crippen LogP contribution >= 0.6 is 0 Å². The molecule has 5 heteroatoms. The number of amides is 2. The zero-order valence-corrected chi connectivity index (χ0v) is 18.1. The van der Waals surface area contributed by atoms with E-state index in [1.54, 1.807) is 0 Å². The Balaban J connectivity index is 1.44. The Morgan fingerprint density at radius 1 is 0.938 bits per heavy atom. The van der Waals surface area contributed by atoms with Gasteiger partial charge in [0.1, 0.15) is 0 Å². The van der Waals surface area contributed by atoms with Crippen LogP contribution in [-0.4, -0.2) is 29.8 Å². The first-order valence-corrected chi connectivity index (χ1v) is 11.3. The first-order chi connectivity index (χ1) is 15.7. The van der Waals surface area contributed by atoms with Crippen LogP contribution in [-0.2, 0) is 17.8 Å². The lowest BCUT2D eigenvalue weighted by Crippen LogP contribution is -2.29. The van der Waals surface area contributed by atoms with E-state index in [1.165, 1.54) is 24.8 Å². The molecule has 0 unspecified atom stereocenters. The number of hydrogen-bond acceptors (Lipinski definition) is 3. The lowest BCUT2D eigenvalue weighted by molar-refractivity contribution is -0.115. The van der Waals surface area contributed by atoms with Gasteiger partial charge in [-0.15, -0.1) is 0 Å². The average Bonchev–Trinajstić information content (AvgIpc) is 3.21. The lowest BCUT2D eigenvalue weighted by atomic mass is 9.96. The maximum absolute atomic E-state index is 13.2. The lowest BCUT2D eigenvalue weighted by Gasteiger charge is -2.27. The highest BCUT2D eigenvalue weighted by molar-refractivity contribution is 6.10. The fourth-order valence-corrected chi connectivity index (χ4v) is 4.67. The van der Waals surface area contributed by atoms with Crippen LogP contribution in [0.15, 0.2) is 66.7 Å². The van der Waals surface area contributed by atoms with Crippen molar-refractivity contribution in [2.45, 2.75) is 32.2 Å². The van der Waals surface area contributed by atoms with Crippen LogP contribution in [0.25, 0.3) is 11.1 Å². The molecule has 2 N–H and O–H groups in total. The normalized spacial score (nSPS) is 15.8. The molecule has 2 amide bonds. The van der Waals surface area contributed by atoms with Crippen molar-refractivity contribution in [2.24, 2.45) is 0 Å². The fraction of sp³-hybridized carbons (Fsp3) is 0.259. The molecule has 1 fully saturated rings. The van der Waals surface area contributed by atoms with Crippen molar-refractivity contribution in [1.82, 2.24) is 4.90 Å². The van der Waals surface area contributed by atoms with Gasteiger partial charge in [-0.3, -0.25) is 14.5 Å². The fourth-order valence-electron chi connectivity index (χ4n) is 4.67. The number of para-hydroxylation sites is 1. The number of rotatable bonds is 5. The number of fused-ring (bicyclic) bond motifs is 1. The van der Waals surface area contributed by atoms with Gasteiger partial charge in [0.15, 0.2) is 0 Å². The molecule has 32 heavy (non-hydrogen) atoms. The van der Waals surface area contributed by atoms with E-state index < -0.39 is 0 Å². The van der Waals surface area contributed by atoms with E-state index in [9.17, 15) is 9.59 Å². The summed E-state index contributed by atoms with van der Waals surface area (Å²) in [5.74, 6) is -0.211. The van der Waals surface area contributed by atoms with Gasteiger partial charge in [0.05, 0.1) is 17.8 Å². The first-order valence-electron chi connectivity index (χ1n) is 11.3. The summed E-state index contributed by atoms with van der Waals surface area (Å²) in [5.41, 5.74) is 6.38. The molecule has 1 saturated heterocycles. The molecule has 3 aromatic carbocycles. The van der Waals surface area contributed by atoms with E-state index in [0.29, 0.717) is 23.4 Å². The largest absolute Gasteiger partial charge is 0.324 e. The van der Waals surface area contributed by atoms with Crippen molar-refractivity contribution in [1.29, 1.82) is 0 Å². The van der Waals surface area contributed by atoms with Gasteiger partial charge < -0.3 is 10.6 Å². The van der Waals surface area contributed by atoms with Gasteiger partial charge in [0.25, 0.3) is 5.91 Å². The minimum absolute atomic E-state index is 0.0438. The Hall–Kier alpha value is -3.44. The Kier molecular flexibility index (Phi) is 5.73. The van der Waals surface area contributed by atoms with Gasteiger partial charge in [-0.25, -0.2) is 0 Å². The molecular weight excluding hydrogens is 398 g/mol. The number of carbonyl (C=O) groups is 2. The molecule has 0 saturated carbocycles. The van der Waals surface area contributed by atoms with E-state index in [2.05, 4.69) is 33.7 Å². The molecule has 0 spiro atoms. The Labute approximate surface area is 188 Å². The quantitative estimate of drug-likeness (QED) is 0.599. The third-order valence-electron chi connectivity index (χ3n) is 6.31. The summed E-state index contributed by atoms with van der Waals surface area (Å²) in [6.07, 6.45) is 4.10. The predicted molar refractivity (Wildman–Crippen MR) is 128 cm³/mol. The Morgan fingerprint density at radius 2 is 1.75 bits per heavy atom. The summed E-state index contributed by atoms with van der Waals surface area (Å²) in [5, 5.41) is 5.86. The number of nitrogens with zero attached hydrogens (tertiary/aromatic N) is 1. The summed E-state index contributed by atoms with van der Waals surface area (Å²) in [4.78, 5) is 27.4. The van der Waals surface area contributed by atoms with Crippen LogP contribution in [0.3, 0.4) is 0 Å². The van der Waals surface area contributed by atoms with Crippen LogP contribution < -0.4 is 10.6 Å². The summed E-state index contributed by atoms with van der Waals surface area (Å²) in [7, 11) is 0. The number of hydrogen-bond donors (Lipinski definition) is 2. The number of piperidine rings is 1. The van der Waals surface area contributed by atoms with Crippen molar-refractivity contribution in [3.8, 4) is 11.1 Å². The second-order valence-corrected chi connectivity index (χ2v) is 8.59. The number of benzene rings is 3. The predicted octanol–water partition coefficient (Wildman–Crippen LogP) is 5.09. The number of nitrogens with one attached hydrogen (secondary N) is 2. The van der Waals surface area contributed by atoms with E-state index in [-0.39, 0.29) is 11.8 Å². The summed E-state index contributed by atoms with van der Waals surface area (Å²) >= 11 is 0. The molecule has 2 aliphatic heterocycles. The number of anilines is 2. The standard InChI is InChI=1S/C27H27N3O2/c31-25-17-20-10-7-11-24(26(20)29-25)28-27(32)21-12-13-23(19-8-3-1-4-9-19)22(16-21)18-30-14-5-2-6-15-30/h1,3-4,7-13,16H,2,5-6,14-15,17-18H2,(H,28,32)(H,29,31).